The highest BCUT2D eigenvalue weighted by molar-refractivity contribution is 6.30. The molecule has 1 amide bonds. The van der Waals surface area contributed by atoms with Crippen molar-refractivity contribution in [3.05, 3.63) is 70.7 Å². The quantitative estimate of drug-likeness (QED) is 0.853. The van der Waals surface area contributed by atoms with Crippen molar-refractivity contribution in [2.75, 3.05) is 6.61 Å². The number of hydrogen-bond donors (Lipinski definition) is 2. The molecule has 2 rings (SSSR count). The summed E-state index contributed by atoms with van der Waals surface area (Å²) in [5.41, 5.74) is 1.97. The fourth-order valence-corrected chi connectivity index (χ4v) is 2.49. The molecule has 0 aliphatic rings. The van der Waals surface area contributed by atoms with Gasteiger partial charge in [0.05, 0.1) is 12.6 Å². The van der Waals surface area contributed by atoms with Crippen molar-refractivity contribution >= 4 is 17.5 Å². The maximum atomic E-state index is 12.2. The van der Waals surface area contributed by atoms with E-state index in [1.165, 1.54) is 0 Å². The first-order valence-corrected chi connectivity index (χ1v) is 7.68. The fraction of sp³-hybridized carbons (Fsp3) is 0.278. The number of benzene rings is 2. The smallest absolute Gasteiger partial charge is 0.221 e. The zero-order chi connectivity index (χ0) is 15.9. The molecule has 0 aromatic heterocycles. The molecule has 0 heterocycles. The number of nitrogens with one attached hydrogen (secondary N) is 1. The van der Waals surface area contributed by atoms with Gasteiger partial charge in [-0.15, -0.1) is 0 Å². The lowest BCUT2D eigenvalue weighted by Crippen LogP contribution is -2.31. The molecule has 0 saturated carbocycles. The van der Waals surface area contributed by atoms with Crippen molar-refractivity contribution in [3.63, 3.8) is 0 Å². The van der Waals surface area contributed by atoms with E-state index in [9.17, 15) is 9.90 Å². The van der Waals surface area contributed by atoms with E-state index in [1.807, 2.05) is 49.4 Å². The second-order valence-electron chi connectivity index (χ2n) is 5.37. The first kappa shape index (κ1) is 16.5. The van der Waals surface area contributed by atoms with Gasteiger partial charge in [-0.25, -0.2) is 0 Å². The molecule has 3 nitrogen and oxygen atoms in total. The number of carbonyl (C=O) groups excluding carboxylic acids is 1. The van der Waals surface area contributed by atoms with E-state index in [-0.39, 0.29) is 18.4 Å². The summed E-state index contributed by atoms with van der Waals surface area (Å²) in [6.45, 7) is 1.87. The summed E-state index contributed by atoms with van der Waals surface area (Å²) in [4.78, 5) is 12.2. The summed E-state index contributed by atoms with van der Waals surface area (Å²) in [5.74, 6) is 0.0520. The van der Waals surface area contributed by atoms with Gasteiger partial charge in [0.1, 0.15) is 0 Å². The zero-order valence-corrected chi connectivity index (χ0v) is 13.3. The Morgan fingerprint density at radius 2 is 1.73 bits per heavy atom. The third-order valence-electron chi connectivity index (χ3n) is 3.65. The molecule has 2 aromatic carbocycles. The SMILES string of the molecule is CC(CC(=O)NC(CO)c1ccc(Cl)cc1)c1ccccc1. The van der Waals surface area contributed by atoms with Gasteiger partial charge in [0.15, 0.2) is 0 Å². The maximum Gasteiger partial charge on any atom is 0.221 e. The van der Waals surface area contributed by atoms with Gasteiger partial charge in [0.2, 0.25) is 5.91 Å². The molecule has 2 unspecified atom stereocenters. The van der Waals surface area contributed by atoms with Gasteiger partial charge in [-0.1, -0.05) is 61.0 Å². The number of aliphatic hydroxyl groups excluding tert-OH is 1. The van der Waals surface area contributed by atoms with E-state index in [0.717, 1.165) is 11.1 Å². The van der Waals surface area contributed by atoms with E-state index in [0.29, 0.717) is 11.4 Å². The van der Waals surface area contributed by atoms with Crippen LogP contribution in [-0.4, -0.2) is 17.6 Å². The summed E-state index contributed by atoms with van der Waals surface area (Å²) >= 11 is 5.85. The van der Waals surface area contributed by atoms with E-state index < -0.39 is 6.04 Å². The van der Waals surface area contributed by atoms with Gasteiger partial charge in [-0.2, -0.15) is 0 Å². The molecule has 0 radical (unpaired) electrons. The highest BCUT2D eigenvalue weighted by Crippen LogP contribution is 2.20. The molecular weight excluding hydrogens is 298 g/mol. The topological polar surface area (TPSA) is 49.3 Å². The molecule has 0 spiro atoms. The van der Waals surface area contributed by atoms with Crippen LogP contribution < -0.4 is 5.32 Å². The molecule has 0 aliphatic carbocycles. The zero-order valence-electron chi connectivity index (χ0n) is 12.5. The average Bonchev–Trinajstić information content (AvgIpc) is 2.54. The van der Waals surface area contributed by atoms with Crippen molar-refractivity contribution in [3.8, 4) is 0 Å². The van der Waals surface area contributed by atoms with Crippen LogP contribution >= 0.6 is 11.6 Å². The summed E-state index contributed by atoms with van der Waals surface area (Å²) in [7, 11) is 0. The van der Waals surface area contributed by atoms with Crippen molar-refractivity contribution < 1.29 is 9.90 Å². The highest BCUT2D eigenvalue weighted by Gasteiger charge is 2.16. The Hall–Kier alpha value is -1.84. The number of carbonyl (C=O) groups is 1. The maximum absolute atomic E-state index is 12.2. The van der Waals surface area contributed by atoms with Crippen LogP contribution in [0, 0.1) is 0 Å². The van der Waals surface area contributed by atoms with E-state index in [1.54, 1.807) is 12.1 Å². The summed E-state index contributed by atoms with van der Waals surface area (Å²) in [5, 5.41) is 13.0. The molecule has 0 saturated heterocycles. The Labute approximate surface area is 135 Å². The minimum atomic E-state index is -0.409. The monoisotopic (exact) mass is 317 g/mol. The minimum absolute atomic E-state index is 0.0784. The first-order chi connectivity index (χ1) is 10.6. The fourth-order valence-electron chi connectivity index (χ4n) is 2.36. The van der Waals surface area contributed by atoms with Crippen LogP contribution in [-0.2, 0) is 4.79 Å². The van der Waals surface area contributed by atoms with E-state index in [2.05, 4.69) is 5.32 Å². The molecule has 0 fully saturated rings. The van der Waals surface area contributed by atoms with Crippen LogP contribution in [0.1, 0.15) is 36.4 Å². The van der Waals surface area contributed by atoms with Crippen molar-refractivity contribution in [1.29, 1.82) is 0 Å². The normalized spacial score (nSPS) is 13.4. The molecule has 2 N–H and O–H groups in total. The standard InChI is InChI=1S/C18H20ClNO2/c1-13(14-5-3-2-4-6-14)11-18(22)20-17(12-21)15-7-9-16(19)10-8-15/h2-10,13,17,21H,11-12H2,1H3,(H,20,22). The number of hydrogen-bond acceptors (Lipinski definition) is 2. The molecule has 2 aromatic rings. The lowest BCUT2D eigenvalue weighted by molar-refractivity contribution is -0.122. The Bertz CT molecular complexity index is 598. The Kier molecular flexibility index (Phi) is 5.99. The summed E-state index contributed by atoms with van der Waals surface area (Å²) in [6.07, 6.45) is 0.383. The van der Waals surface area contributed by atoms with Crippen molar-refractivity contribution in [1.82, 2.24) is 5.32 Å². The van der Waals surface area contributed by atoms with Crippen molar-refractivity contribution in [2.45, 2.75) is 25.3 Å². The highest BCUT2D eigenvalue weighted by atomic mass is 35.5. The van der Waals surface area contributed by atoms with Gasteiger partial charge in [-0.05, 0) is 29.2 Å². The predicted octanol–water partition coefficient (Wildman–Crippen LogP) is 3.68. The Morgan fingerprint density at radius 1 is 1.09 bits per heavy atom. The number of amides is 1. The number of aliphatic hydroxyl groups is 1. The second kappa shape index (κ2) is 7.97. The van der Waals surface area contributed by atoms with Gasteiger partial charge in [-0.3, -0.25) is 4.79 Å². The average molecular weight is 318 g/mol. The van der Waals surface area contributed by atoms with Crippen LogP contribution in [0.5, 0.6) is 0 Å². The van der Waals surface area contributed by atoms with Crippen molar-refractivity contribution in [2.24, 2.45) is 0 Å². The molecule has 4 heteroatoms. The second-order valence-corrected chi connectivity index (χ2v) is 5.81. The van der Waals surface area contributed by atoms with Gasteiger partial charge in [0.25, 0.3) is 0 Å². The lowest BCUT2D eigenvalue weighted by atomic mass is 9.97. The molecule has 0 bridgehead atoms. The predicted molar refractivity (Wildman–Crippen MR) is 88.9 cm³/mol. The summed E-state index contributed by atoms with van der Waals surface area (Å²) < 4.78 is 0. The van der Waals surface area contributed by atoms with E-state index >= 15 is 0 Å². The molecule has 22 heavy (non-hydrogen) atoms. The molecular formula is C18H20ClNO2. The number of halogens is 1. The third-order valence-corrected chi connectivity index (χ3v) is 3.90. The van der Waals surface area contributed by atoms with Crippen LogP contribution in [0.25, 0.3) is 0 Å². The minimum Gasteiger partial charge on any atom is -0.394 e. The van der Waals surface area contributed by atoms with Gasteiger partial charge in [0, 0.05) is 11.4 Å². The Morgan fingerprint density at radius 3 is 2.32 bits per heavy atom. The van der Waals surface area contributed by atoms with Crippen LogP contribution in [0.4, 0.5) is 0 Å². The van der Waals surface area contributed by atoms with E-state index in [4.69, 9.17) is 11.6 Å². The lowest BCUT2D eigenvalue weighted by Gasteiger charge is -2.18. The first-order valence-electron chi connectivity index (χ1n) is 7.30. The largest absolute Gasteiger partial charge is 0.394 e. The molecule has 0 aliphatic heterocycles. The van der Waals surface area contributed by atoms with Crippen LogP contribution in [0.2, 0.25) is 5.02 Å². The third kappa shape index (κ3) is 4.58. The van der Waals surface area contributed by atoms with Crippen LogP contribution in [0.3, 0.4) is 0 Å². The van der Waals surface area contributed by atoms with Crippen LogP contribution in [0.15, 0.2) is 54.6 Å². The number of rotatable bonds is 6. The molecule has 2 atom stereocenters. The summed E-state index contributed by atoms with van der Waals surface area (Å²) in [6, 6.07) is 16.6. The van der Waals surface area contributed by atoms with Gasteiger partial charge < -0.3 is 10.4 Å². The van der Waals surface area contributed by atoms with Gasteiger partial charge >= 0.3 is 0 Å². The molecule has 116 valence electrons. The Balaban J connectivity index is 1.96.